The highest BCUT2D eigenvalue weighted by Gasteiger charge is 2.35. The number of carboxylic acid groups (broad SMARTS) is 1. The molecule has 0 radical (unpaired) electrons. The summed E-state index contributed by atoms with van der Waals surface area (Å²) in [5.74, 6) is -0.399. The van der Waals surface area contributed by atoms with Crippen LogP contribution in [0.25, 0.3) is 0 Å². The number of likely N-dealkylation sites (tertiary alicyclic amines) is 1. The lowest BCUT2D eigenvalue weighted by atomic mass is 9.87. The Morgan fingerprint density at radius 1 is 1.23 bits per heavy atom. The van der Waals surface area contributed by atoms with Crippen molar-refractivity contribution in [3.63, 3.8) is 0 Å². The van der Waals surface area contributed by atoms with Crippen LogP contribution in [-0.2, 0) is 16.9 Å². The second kappa shape index (κ2) is 7.85. The standard InChI is InChI=1S/C20H24N2O4/c1-15-6-7-18(21-12-15)20(25)8-10-22(11-9-20)13-16-4-2-3-5-17(16)26-14-19(23)24/h2-7,12,25H,8-11,13-14H2,1H3,(H,23,24). The molecule has 1 aromatic carbocycles. The minimum atomic E-state index is -0.992. The number of rotatable bonds is 6. The Morgan fingerprint density at radius 2 is 1.96 bits per heavy atom. The van der Waals surface area contributed by atoms with E-state index in [2.05, 4.69) is 9.88 Å². The molecular formula is C20H24N2O4. The van der Waals surface area contributed by atoms with Crippen LogP contribution in [0.1, 0.15) is 29.7 Å². The zero-order valence-electron chi connectivity index (χ0n) is 14.9. The van der Waals surface area contributed by atoms with Crippen LogP contribution < -0.4 is 4.74 Å². The van der Waals surface area contributed by atoms with Gasteiger partial charge in [-0.3, -0.25) is 9.88 Å². The van der Waals surface area contributed by atoms with Crippen molar-refractivity contribution in [2.45, 2.75) is 31.9 Å². The van der Waals surface area contributed by atoms with Gasteiger partial charge < -0.3 is 14.9 Å². The van der Waals surface area contributed by atoms with Gasteiger partial charge in [-0.1, -0.05) is 24.3 Å². The number of carbonyl (C=O) groups is 1. The molecule has 2 heterocycles. The quantitative estimate of drug-likeness (QED) is 0.827. The molecule has 26 heavy (non-hydrogen) atoms. The van der Waals surface area contributed by atoms with Gasteiger partial charge in [0.2, 0.25) is 0 Å². The topological polar surface area (TPSA) is 82.9 Å². The zero-order valence-corrected chi connectivity index (χ0v) is 14.9. The van der Waals surface area contributed by atoms with Gasteiger partial charge in [0.15, 0.2) is 6.61 Å². The van der Waals surface area contributed by atoms with Gasteiger partial charge in [-0.25, -0.2) is 4.79 Å². The van der Waals surface area contributed by atoms with Gasteiger partial charge in [0.1, 0.15) is 11.4 Å². The highest BCUT2D eigenvalue weighted by molar-refractivity contribution is 5.68. The molecule has 0 spiro atoms. The zero-order chi connectivity index (χ0) is 18.6. The normalized spacial score (nSPS) is 17.0. The minimum Gasteiger partial charge on any atom is -0.482 e. The molecule has 0 atom stereocenters. The molecule has 0 aliphatic carbocycles. The molecule has 2 N–H and O–H groups in total. The lowest BCUT2D eigenvalue weighted by molar-refractivity contribution is -0.139. The summed E-state index contributed by atoms with van der Waals surface area (Å²) in [6, 6.07) is 11.4. The number of hydrogen-bond donors (Lipinski definition) is 2. The van der Waals surface area contributed by atoms with Crippen molar-refractivity contribution in [3.05, 3.63) is 59.4 Å². The van der Waals surface area contributed by atoms with Crippen molar-refractivity contribution in [2.24, 2.45) is 0 Å². The SMILES string of the molecule is Cc1ccc(C2(O)CCN(Cc3ccccc3OCC(=O)O)CC2)nc1. The van der Waals surface area contributed by atoms with Gasteiger partial charge in [0.05, 0.1) is 5.69 Å². The fraction of sp³-hybridized carbons (Fsp3) is 0.400. The number of aliphatic carboxylic acids is 1. The van der Waals surface area contributed by atoms with E-state index in [0.717, 1.165) is 29.9 Å². The first-order valence-corrected chi connectivity index (χ1v) is 8.77. The third kappa shape index (κ3) is 4.39. The summed E-state index contributed by atoms with van der Waals surface area (Å²) >= 11 is 0. The van der Waals surface area contributed by atoms with Crippen molar-refractivity contribution in [1.29, 1.82) is 0 Å². The van der Waals surface area contributed by atoms with Gasteiger partial charge in [0, 0.05) is 31.4 Å². The Balaban J connectivity index is 1.62. The fourth-order valence-corrected chi connectivity index (χ4v) is 3.24. The van der Waals surface area contributed by atoms with E-state index in [1.54, 1.807) is 12.3 Å². The van der Waals surface area contributed by atoms with Gasteiger partial charge in [-0.2, -0.15) is 0 Å². The predicted molar refractivity (Wildman–Crippen MR) is 97.0 cm³/mol. The molecule has 1 aliphatic rings. The molecule has 138 valence electrons. The molecule has 1 fully saturated rings. The Labute approximate surface area is 153 Å². The van der Waals surface area contributed by atoms with E-state index in [1.807, 2.05) is 37.3 Å². The first kappa shape index (κ1) is 18.4. The second-order valence-corrected chi connectivity index (χ2v) is 6.82. The first-order valence-electron chi connectivity index (χ1n) is 8.77. The first-order chi connectivity index (χ1) is 12.5. The molecule has 1 aliphatic heterocycles. The summed E-state index contributed by atoms with van der Waals surface area (Å²) < 4.78 is 5.38. The number of para-hydroxylation sites is 1. The van der Waals surface area contributed by atoms with Crippen LogP contribution in [-0.4, -0.2) is 45.8 Å². The third-order valence-electron chi connectivity index (χ3n) is 4.79. The summed E-state index contributed by atoms with van der Waals surface area (Å²) in [5, 5.41) is 19.7. The highest BCUT2D eigenvalue weighted by Crippen LogP contribution is 2.32. The molecule has 0 unspecified atom stereocenters. The van der Waals surface area contributed by atoms with Crippen molar-refractivity contribution >= 4 is 5.97 Å². The van der Waals surface area contributed by atoms with E-state index in [1.165, 1.54) is 0 Å². The maximum absolute atomic E-state index is 10.9. The van der Waals surface area contributed by atoms with Crippen molar-refractivity contribution in [3.8, 4) is 5.75 Å². The van der Waals surface area contributed by atoms with Crippen molar-refractivity contribution in [2.75, 3.05) is 19.7 Å². The summed E-state index contributed by atoms with van der Waals surface area (Å²) in [5.41, 5.74) is 1.87. The molecule has 3 rings (SSSR count). The molecule has 6 heteroatoms. The van der Waals surface area contributed by atoms with Gasteiger partial charge in [-0.15, -0.1) is 0 Å². The molecule has 0 saturated carbocycles. The van der Waals surface area contributed by atoms with E-state index in [4.69, 9.17) is 9.84 Å². The molecule has 0 amide bonds. The van der Waals surface area contributed by atoms with Gasteiger partial charge >= 0.3 is 5.97 Å². The molecule has 2 aromatic rings. The van der Waals surface area contributed by atoms with Crippen LogP contribution in [0, 0.1) is 6.92 Å². The van der Waals surface area contributed by atoms with E-state index >= 15 is 0 Å². The monoisotopic (exact) mass is 356 g/mol. The smallest absolute Gasteiger partial charge is 0.341 e. The molecular weight excluding hydrogens is 332 g/mol. The van der Waals surface area contributed by atoms with Crippen LogP contribution >= 0.6 is 0 Å². The molecule has 6 nitrogen and oxygen atoms in total. The molecule has 1 aromatic heterocycles. The number of benzene rings is 1. The van der Waals surface area contributed by atoms with Crippen LogP contribution in [0.5, 0.6) is 5.75 Å². The Hall–Kier alpha value is -2.44. The average molecular weight is 356 g/mol. The Kier molecular flexibility index (Phi) is 5.54. The van der Waals surface area contributed by atoms with Crippen molar-refractivity contribution < 1.29 is 19.7 Å². The Bertz CT molecular complexity index is 753. The number of hydrogen-bond acceptors (Lipinski definition) is 5. The summed E-state index contributed by atoms with van der Waals surface area (Å²) in [4.78, 5) is 17.4. The summed E-state index contributed by atoms with van der Waals surface area (Å²) in [6.45, 7) is 3.76. The van der Waals surface area contributed by atoms with Crippen molar-refractivity contribution in [1.82, 2.24) is 9.88 Å². The fourth-order valence-electron chi connectivity index (χ4n) is 3.24. The lowest BCUT2D eigenvalue weighted by Gasteiger charge is -2.38. The van der Waals surface area contributed by atoms with Gasteiger partial charge in [-0.05, 0) is 37.5 Å². The van der Waals surface area contributed by atoms with Gasteiger partial charge in [0.25, 0.3) is 0 Å². The molecule has 1 saturated heterocycles. The lowest BCUT2D eigenvalue weighted by Crippen LogP contribution is -2.42. The maximum Gasteiger partial charge on any atom is 0.341 e. The van der Waals surface area contributed by atoms with E-state index in [0.29, 0.717) is 25.1 Å². The average Bonchev–Trinajstić information content (AvgIpc) is 2.63. The highest BCUT2D eigenvalue weighted by atomic mass is 16.5. The van der Waals surface area contributed by atoms with E-state index < -0.39 is 11.6 Å². The number of aryl methyl sites for hydroxylation is 1. The number of aliphatic hydroxyl groups is 1. The maximum atomic E-state index is 10.9. The van der Waals surface area contributed by atoms with E-state index in [9.17, 15) is 9.90 Å². The van der Waals surface area contributed by atoms with E-state index in [-0.39, 0.29) is 6.61 Å². The van der Waals surface area contributed by atoms with Crippen LogP contribution in [0.2, 0.25) is 0 Å². The predicted octanol–water partition coefficient (Wildman–Crippen LogP) is 2.34. The Morgan fingerprint density at radius 3 is 2.62 bits per heavy atom. The molecule has 0 bridgehead atoms. The number of piperidine rings is 1. The summed E-state index contributed by atoms with van der Waals surface area (Å²) in [6.07, 6.45) is 3.01. The van der Waals surface area contributed by atoms with Crippen LogP contribution in [0.3, 0.4) is 0 Å². The second-order valence-electron chi connectivity index (χ2n) is 6.82. The third-order valence-corrected chi connectivity index (χ3v) is 4.79. The van der Waals surface area contributed by atoms with Crippen LogP contribution in [0.15, 0.2) is 42.6 Å². The number of carboxylic acids is 1. The number of aromatic nitrogens is 1. The number of ether oxygens (including phenoxy) is 1. The largest absolute Gasteiger partial charge is 0.482 e. The number of nitrogens with zero attached hydrogens (tertiary/aromatic N) is 2. The minimum absolute atomic E-state index is 0.351. The number of pyridine rings is 1. The van der Waals surface area contributed by atoms with Crippen LogP contribution in [0.4, 0.5) is 0 Å². The summed E-state index contributed by atoms with van der Waals surface area (Å²) in [7, 11) is 0.